The van der Waals surface area contributed by atoms with Gasteiger partial charge in [0.1, 0.15) is 24.7 Å². The molecule has 4 amide bonds. The molecule has 0 saturated carbocycles. The molecular weight excluding hydrogens is 604 g/mol. The highest BCUT2D eigenvalue weighted by atomic mass is 16.5. The minimum atomic E-state index is -1.04. The van der Waals surface area contributed by atoms with E-state index in [1.165, 1.54) is 7.11 Å². The number of carbonyl (C=O) groups is 5. The zero-order valence-corrected chi connectivity index (χ0v) is 28.0. The van der Waals surface area contributed by atoms with E-state index < -0.39 is 42.0 Å². The van der Waals surface area contributed by atoms with Crippen molar-refractivity contribution in [2.45, 2.75) is 90.6 Å². The van der Waals surface area contributed by atoms with Crippen molar-refractivity contribution >= 4 is 29.8 Å². The summed E-state index contributed by atoms with van der Waals surface area (Å²) in [7, 11) is 1.23. The number of esters is 1. The summed E-state index contributed by atoms with van der Waals surface area (Å²) in [6.45, 7) is 6.47. The van der Waals surface area contributed by atoms with Gasteiger partial charge in [-0.25, -0.2) is 9.59 Å². The third-order valence-corrected chi connectivity index (χ3v) is 7.69. The van der Waals surface area contributed by atoms with Crippen LogP contribution in [0.25, 0.3) is 0 Å². The minimum absolute atomic E-state index is 0.0848. The molecule has 0 aromatic heterocycles. The summed E-state index contributed by atoms with van der Waals surface area (Å²) >= 11 is 0. The molecule has 0 aliphatic carbocycles. The highest BCUT2D eigenvalue weighted by molar-refractivity contribution is 5.91. The smallest absolute Gasteiger partial charge is 0.408 e. The number of ether oxygens (including phenoxy) is 2. The number of benzene rings is 2. The largest absolute Gasteiger partial charge is 0.467 e. The molecule has 0 spiro atoms. The Kier molecular flexibility index (Phi) is 17.0. The van der Waals surface area contributed by atoms with Gasteiger partial charge >= 0.3 is 12.1 Å². The second kappa shape index (κ2) is 20.6. The molecule has 0 heterocycles. The Hall–Kier alpha value is -4.45. The Morgan fingerprint density at radius 3 is 1.94 bits per heavy atom. The number of nitrogens with one attached hydrogen (secondary N) is 4. The van der Waals surface area contributed by atoms with Gasteiger partial charge in [0.2, 0.25) is 17.7 Å². The molecule has 0 bridgehead atoms. The molecule has 0 radical (unpaired) electrons. The van der Waals surface area contributed by atoms with Gasteiger partial charge in [-0.05, 0) is 43.2 Å². The number of amides is 4. The van der Waals surface area contributed by atoms with Crippen molar-refractivity contribution in [3.05, 3.63) is 71.8 Å². The van der Waals surface area contributed by atoms with Gasteiger partial charge in [-0.15, -0.1) is 0 Å². The Bertz CT molecular complexity index is 1270. The first-order chi connectivity index (χ1) is 22.4. The van der Waals surface area contributed by atoms with Crippen molar-refractivity contribution in [3.8, 4) is 0 Å². The number of hydrogen-bond donors (Lipinski definition) is 5. The van der Waals surface area contributed by atoms with Crippen molar-refractivity contribution in [2.24, 2.45) is 11.8 Å². The lowest BCUT2D eigenvalue weighted by molar-refractivity contribution is -0.147. The van der Waals surface area contributed by atoms with Crippen LogP contribution in [0.1, 0.15) is 64.5 Å². The zero-order chi connectivity index (χ0) is 34.8. The highest BCUT2D eigenvalue weighted by Crippen LogP contribution is 2.13. The predicted molar refractivity (Wildman–Crippen MR) is 177 cm³/mol. The Balaban J connectivity index is 1.92. The number of rotatable bonds is 19. The first-order valence-electron chi connectivity index (χ1n) is 16.0. The number of methoxy groups -OCH3 is 1. The van der Waals surface area contributed by atoms with E-state index in [0.29, 0.717) is 25.7 Å². The topological polar surface area (TPSA) is 172 Å². The summed E-state index contributed by atoms with van der Waals surface area (Å²) in [5, 5.41) is 20.6. The van der Waals surface area contributed by atoms with E-state index in [2.05, 4.69) is 21.3 Å². The summed E-state index contributed by atoms with van der Waals surface area (Å²) in [6.07, 6.45) is 1.60. The third kappa shape index (κ3) is 14.2. The van der Waals surface area contributed by atoms with Gasteiger partial charge in [-0.3, -0.25) is 14.4 Å². The van der Waals surface area contributed by atoms with Crippen LogP contribution in [-0.4, -0.2) is 72.8 Å². The van der Waals surface area contributed by atoms with Crippen molar-refractivity contribution in [1.29, 1.82) is 0 Å². The van der Waals surface area contributed by atoms with Crippen LogP contribution in [0.3, 0.4) is 0 Å². The summed E-state index contributed by atoms with van der Waals surface area (Å²) in [4.78, 5) is 63.3. The van der Waals surface area contributed by atoms with Crippen LogP contribution in [0.4, 0.5) is 4.79 Å². The minimum Gasteiger partial charge on any atom is -0.467 e. The summed E-state index contributed by atoms with van der Waals surface area (Å²) < 4.78 is 10.0. The lowest BCUT2D eigenvalue weighted by Gasteiger charge is -2.27. The maximum absolute atomic E-state index is 13.0. The number of aliphatic hydroxyl groups is 1. The van der Waals surface area contributed by atoms with E-state index in [1.54, 1.807) is 27.7 Å². The Morgan fingerprint density at radius 2 is 1.36 bits per heavy atom. The van der Waals surface area contributed by atoms with Crippen molar-refractivity contribution in [1.82, 2.24) is 21.3 Å². The maximum atomic E-state index is 13.0. The van der Waals surface area contributed by atoms with Crippen molar-refractivity contribution in [2.75, 3.05) is 13.7 Å². The van der Waals surface area contributed by atoms with Crippen molar-refractivity contribution in [3.63, 3.8) is 0 Å². The number of aliphatic hydroxyl groups excluding tert-OH is 1. The van der Waals surface area contributed by atoms with Crippen LogP contribution >= 0.6 is 0 Å². The molecule has 0 aliphatic heterocycles. The van der Waals surface area contributed by atoms with Gasteiger partial charge in [0.05, 0.1) is 7.11 Å². The van der Waals surface area contributed by atoms with Crippen LogP contribution in [0.15, 0.2) is 60.7 Å². The standard InChI is InChI=1S/C35H50N4O8/c1-23(2)30(34(44)46-5)39-33(43)31(24(3)21-40)38-29(41)19-13-12-18-28(20-26-14-8-6-9-15-26)37-32(42)25(4)36-35(45)47-22-27-16-10-7-11-17-27/h6-11,14-17,23-25,28,30-31,40H,12-13,18-22H2,1-5H3,(H,36,45)(H,37,42)(H,38,41)(H,39,43)/t24?,25-,28-,30?,31?/m0/s1. The van der Waals surface area contributed by atoms with Gasteiger partial charge < -0.3 is 35.8 Å². The summed E-state index contributed by atoms with van der Waals surface area (Å²) in [5.74, 6) is -2.76. The van der Waals surface area contributed by atoms with Gasteiger partial charge in [-0.1, -0.05) is 87.9 Å². The molecule has 12 nitrogen and oxygen atoms in total. The SMILES string of the molecule is COC(=O)C(NC(=O)C(NC(=O)CCCC[C@@H](Cc1ccccc1)NC(=O)[C@H](C)NC(=O)OCc1ccccc1)C(C)CO)C(C)C. The molecule has 0 saturated heterocycles. The van der Waals surface area contributed by atoms with E-state index in [9.17, 15) is 29.1 Å². The van der Waals surface area contributed by atoms with Crippen LogP contribution in [0.2, 0.25) is 0 Å². The van der Waals surface area contributed by atoms with Crippen molar-refractivity contribution < 1.29 is 38.6 Å². The molecule has 2 aromatic carbocycles. The second-order valence-electron chi connectivity index (χ2n) is 12.0. The average Bonchev–Trinajstić information content (AvgIpc) is 3.06. The van der Waals surface area contributed by atoms with Gasteiger partial charge in [0, 0.05) is 25.0 Å². The van der Waals surface area contributed by atoms with Gasteiger partial charge in [0.15, 0.2) is 0 Å². The number of carbonyl (C=O) groups excluding carboxylic acids is 5. The molecule has 3 unspecified atom stereocenters. The Morgan fingerprint density at radius 1 is 0.745 bits per heavy atom. The fraction of sp³-hybridized carbons (Fsp3) is 0.514. The molecule has 12 heteroatoms. The lowest BCUT2D eigenvalue weighted by atomic mass is 9.98. The molecule has 0 fully saturated rings. The molecular formula is C35H50N4O8. The van der Waals surface area contributed by atoms with Gasteiger partial charge in [0.25, 0.3) is 0 Å². The summed E-state index contributed by atoms with van der Waals surface area (Å²) in [6, 6.07) is 15.8. The van der Waals surface area contributed by atoms with E-state index in [0.717, 1.165) is 11.1 Å². The fourth-order valence-corrected chi connectivity index (χ4v) is 4.82. The normalized spacial score (nSPS) is 14.1. The van der Waals surface area contributed by atoms with E-state index in [4.69, 9.17) is 9.47 Å². The molecule has 47 heavy (non-hydrogen) atoms. The van der Waals surface area contributed by atoms with E-state index >= 15 is 0 Å². The molecule has 5 atom stereocenters. The predicted octanol–water partition coefficient (Wildman–Crippen LogP) is 3.02. The third-order valence-electron chi connectivity index (χ3n) is 7.69. The molecule has 5 N–H and O–H groups in total. The monoisotopic (exact) mass is 654 g/mol. The molecule has 258 valence electrons. The summed E-state index contributed by atoms with van der Waals surface area (Å²) in [5.41, 5.74) is 1.85. The Labute approximate surface area is 277 Å². The van der Waals surface area contributed by atoms with E-state index in [1.807, 2.05) is 60.7 Å². The van der Waals surface area contributed by atoms with Crippen LogP contribution in [-0.2, 0) is 41.7 Å². The maximum Gasteiger partial charge on any atom is 0.408 e. The number of alkyl carbamates (subject to hydrolysis) is 1. The molecule has 0 aliphatic rings. The second-order valence-corrected chi connectivity index (χ2v) is 12.0. The van der Waals surface area contributed by atoms with Gasteiger partial charge in [-0.2, -0.15) is 0 Å². The number of unbranched alkanes of at least 4 members (excludes halogenated alkanes) is 1. The van der Waals surface area contributed by atoms with Crippen LogP contribution < -0.4 is 21.3 Å². The highest BCUT2D eigenvalue weighted by Gasteiger charge is 2.32. The average molecular weight is 655 g/mol. The lowest BCUT2D eigenvalue weighted by Crippen LogP contribution is -2.56. The molecule has 2 rings (SSSR count). The van der Waals surface area contributed by atoms with Crippen LogP contribution in [0, 0.1) is 11.8 Å². The molecule has 2 aromatic rings. The number of hydrogen-bond acceptors (Lipinski definition) is 8. The fourth-order valence-electron chi connectivity index (χ4n) is 4.82. The zero-order valence-electron chi connectivity index (χ0n) is 28.0. The quantitative estimate of drug-likeness (QED) is 0.114. The van der Waals surface area contributed by atoms with E-state index in [-0.39, 0.29) is 43.4 Å². The van der Waals surface area contributed by atoms with Crippen LogP contribution in [0.5, 0.6) is 0 Å². The first-order valence-corrected chi connectivity index (χ1v) is 16.0. The first kappa shape index (κ1) is 38.7.